The number of ether oxygens (including phenoxy) is 1. The first-order valence-corrected chi connectivity index (χ1v) is 6.29. The molecule has 0 saturated carbocycles. The molecule has 0 bridgehead atoms. The number of hydrogen-bond donors (Lipinski definition) is 1. The molecular weight excluding hydrogens is 241 g/mol. The van der Waals surface area contributed by atoms with Crippen molar-refractivity contribution in [3.63, 3.8) is 0 Å². The highest BCUT2D eigenvalue weighted by molar-refractivity contribution is 5.31. The Morgan fingerprint density at radius 1 is 1.21 bits per heavy atom. The van der Waals surface area contributed by atoms with E-state index in [1.54, 1.807) is 6.07 Å². The van der Waals surface area contributed by atoms with Crippen LogP contribution in [0.4, 0.5) is 4.39 Å². The molecule has 0 unspecified atom stereocenters. The zero-order valence-corrected chi connectivity index (χ0v) is 11.2. The molecule has 0 spiro atoms. The van der Waals surface area contributed by atoms with E-state index in [4.69, 9.17) is 10.5 Å². The first-order chi connectivity index (χ1) is 9.06. The minimum absolute atomic E-state index is 0.0175. The average molecular weight is 259 g/mol. The van der Waals surface area contributed by atoms with E-state index in [-0.39, 0.29) is 11.9 Å². The molecule has 0 amide bonds. The molecule has 0 aliphatic carbocycles. The molecule has 19 heavy (non-hydrogen) atoms. The zero-order chi connectivity index (χ0) is 13.8. The van der Waals surface area contributed by atoms with Crippen LogP contribution in [0, 0.1) is 12.7 Å². The van der Waals surface area contributed by atoms with Gasteiger partial charge in [-0.15, -0.1) is 0 Å². The van der Waals surface area contributed by atoms with Gasteiger partial charge in [-0.05, 0) is 54.8 Å². The topological polar surface area (TPSA) is 35.2 Å². The molecule has 2 aromatic rings. The lowest BCUT2D eigenvalue weighted by Crippen LogP contribution is -2.05. The van der Waals surface area contributed by atoms with Gasteiger partial charge in [-0.3, -0.25) is 0 Å². The summed E-state index contributed by atoms with van der Waals surface area (Å²) in [6.45, 7) is 4.23. The maximum absolute atomic E-state index is 13.0. The van der Waals surface area contributed by atoms with Crippen LogP contribution < -0.4 is 10.5 Å². The van der Waals surface area contributed by atoms with Gasteiger partial charge < -0.3 is 10.5 Å². The van der Waals surface area contributed by atoms with Crippen molar-refractivity contribution in [3.8, 4) is 5.75 Å². The highest BCUT2D eigenvalue weighted by atomic mass is 19.1. The van der Waals surface area contributed by atoms with Gasteiger partial charge in [0.25, 0.3) is 0 Å². The van der Waals surface area contributed by atoms with Crippen molar-refractivity contribution in [2.45, 2.75) is 26.5 Å². The second-order valence-corrected chi connectivity index (χ2v) is 4.72. The van der Waals surface area contributed by atoms with E-state index in [1.165, 1.54) is 12.1 Å². The minimum atomic E-state index is -0.222. The molecule has 2 N–H and O–H groups in total. The van der Waals surface area contributed by atoms with Gasteiger partial charge in [0.2, 0.25) is 0 Å². The van der Waals surface area contributed by atoms with E-state index in [9.17, 15) is 4.39 Å². The summed E-state index contributed by atoms with van der Waals surface area (Å²) in [7, 11) is 0. The van der Waals surface area contributed by atoms with Gasteiger partial charge >= 0.3 is 0 Å². The van der Waals surface area contributed by atoms with Gasteiger partial charge in [0.05, 0.1) is 0 Å². The molecule has 0 saturated heterocycles. The summed E-state index contributed by atoms with van der Waals surface area (Å²) >= 11 is 0. The van der Waals surface area contributed by atoms with Crippen LogP contribution >= 0.6 is 0 Å². The molecule has 0 aromatic heterocycles. The summed E-state index contributed by atoms with van der Waals surface area (Å²) in [5, 5.41) is 0. The number of benzene rings is 2. The molecule has 0 heterocycles. The van der Waals surface area contributed by atoms with E-state index < -0.39 is 0 Å². The zero-order valence-electron chi connectivity index (χ0n) is 11.2. The number of rotatable bonds is 4. The van der Waals surface area contributed by atoms with Crippen molar-refractivity contribution < 1.29 is 9.13 Å². The standard InChI is InChI=1S/C16H18FNO/c1-11-8-15(17)7-6-14(11)10-19-16-5-3-4-13(9-16)12(2)18/h3-9,12H,10,18H2,1-2H3/t12-/m0/s1. The van der Waals surface area contributed by atoms with Gasteiger partial charge in [-0.2, -0.15) is 0 Å². The normalized spacial score (nSPS) is 12.2. The van der Waals surface area contributed by atoms with Gasteiger partial charge in [-0.25, -0.2) is 4.39 Å². The third-order valence-electron chi connectivity index (χ3n) is 3.08. The molecule has 2 aromatic carbocycles. The molecule has 2 rings (SSSR count). The largest absolute Gasteiger partial charge is 0.489 e. The summed E-state index contributed by atoms with van der Waals surface area (Å²) in [6, 6.07) is 12.4. The molecule has 2 nitrogen and oxygen atoms in total. The lowest BCUT2D eigenvalue weighted by molar-refractivity contribution is 0.305. The van der Waals surface area contributed by atoms with Crippen LogP contribution in [0.15, 0.2) is 42.5 Å². The highest BCUT2D eigenvalue weighted by Crippen LogP contribution is 2.19. The van der Waals surface area contributed by atoms with Crippen molar-refractivity contribution in [1.82, 2.24) is 0 Å². The summed E-state index contributed by atoms with van der Waals surface area (Å²) in [6.07, 6.45) is 0. The lowest BCUT2D eigenvalue weighted by atomic mass is 10.1. The monoisotopic (exact) mass is 259 g/mol. The Morgan fingerprint density at radius 3 is 2.68 bits per heavy atom. The Bertz CT molecular complexity index is 566. The molecule has 0 radical (unpaired) electrons. The van der Waals surface area contributed by atoms with Crippen LogP contribution in [-0.2, 0) is 6.61 Å². The Balaban J connectivity index is 2.08. The third-order valence-corrected chi connectivity index (χ3v) is 3.08. The van der Waals surface area contributed by atoms with Crippen molar-refractivity contribution >= 4 is 0 Å². The van der Waals surface area contributed by atoms with Gasteiger partial charge in [0.1, 0.15) is 18.2 Å². The first kappa shape index (κ1) is 13.6. The number of aryl methyl sites for hydroxylation is 1. The molecule has 0 fully saturated rings. The SMILES string of the molecule is Cc1cc(F)ccc1COc1cccc([C@H](C)N)c1. The minimum Gasteiger partial charge on any atom is -0.489 e. The number of hydrogen-bond acceptors (Lipinski definition) is 2. The smallest absolute Gasteiger partial charge is 0.123 e. The summed E-state index contributed by atoms with van der Waals surface area (Å²) in [5.41, 5.74) is 8.74. The second kappa shape index (κ2) is 5.85. The van der Waals surface area contributed by atoms with Crippen molar-refractivity contribution in [3.05, 3.63) is 65.0 Å². The quantitative estimate of drug-likeness (QED) is 0.908. The van der Waals surface area contributed by atoms with E-state index in [0.717, 1.165) is 22.4 Å². The van der Waals surface area contributed by atoms with Crippen molar-refractivity contribution in [1.29, 1.82) is 0 Å². The van der Waals surface area contributed by atoms with Crippen molar-refractivity contribution in [2.24, 2.45) is 5.73 Å². The van der Waals surface area contributed by atoms with E-state index in [2.05, 4.69) is 0 Å². The fourth-order valence-electron chi connectivity index (χ4n) is 1.87. The van der Waals surface area contributed by atoms with Crippen LogP contribution in [0.1, 0.15) is 29.7 Å². The predicted molar refractivity (Wildman–Crippen MR) is 74.5 cm³/mol. The molecule has 0 aliphatic rings. The fourth-order valence-corrected chi connectivity index (χ4v) is 1.87. The lowest BCUT2D eigenvalue weighted by Gasteiger charge is -2.11. The molecular formula is C16H18FNO. The van der Waals surface area contributed by atoms with Crippen LogP contribution in [0.3, 0.4) is 0 Å². The van der Waals surface area contributed by atoms with Gasteiger partial charge in [0, 0.05) is 6.04 Å². The van der Waals surface area contributed by atoms with Crippen LogP contribution in [-0.4, -0.2) is 0 Å². The molecule has 1 atom stereocenters. The van der Waals surface area contributed by atoms with Crippen LogP contribution in [0.2, 0.25) is 0 Å². The Kier molecular flexibility index (Phi) is 4.17. The van der Waals surface area contributed by atoms with E-state index in [1.807, 2.05) is 38.1 Å². The van der Waals surface area contributed by atoms with Gasteiger partial charge in [0.15, 0.2) is 0 Å². The fraction of sp³-hybridized carbons (Fsp3) is 0.250. The molecule has 0 aliphatic heterocycles. The summed E-state index contributed by atoms with van der Waals surface area (Å²) in [4.78, 5) is 0. The Hall–Kier alpha value is -1.87. The maximum Gasteiger partial charge on any atom is 0.123 e. The first-order valence-electron chi connectivity index (χ1n) is 6.29. The van der Waals surface area contributed by atoms with Gasteiger partial charge in [-0.1, -0.05) is 18.2 Å². The van der Waals surface area contributed by atoms with E-state index in [0.29, 0.717) is 6.61 Å². The summed E-state index contributed by atoms with van der Waals surface area (Å²) in [5.74, 6) is 0.554. The maximum atomic E-state index is 13.0. The predicted octanol–water partition coefficient (Wildman–Crippen LogP) is 3.73. The number of halogens is 1. The summed E-state index contributed by atoms with van der Waals surface area (Å²) < 4.78 is 18.7. The second-order valence-electron chi connectivity index (χ2n) is 4.72. The van der Waals surface area contributed by atoms with E-state index >= 15 is 0 Å². The highest BCUT2D eigenvalue weighted by Gasteiger charge is 2.04. The number of nitrogens with two attached hydrogens (primary N) is 1. The molecule has 100 valence electrons. The Labute approximate surface area is 113 Å². The third kappa shape index (κ3) is 3.55. The van der Waals surface area contributed by atoms with Crippen LogP contribution in [0.5, 0.6) is 5.75 Å². The average Bonchev–Trinajstić information content (AvgIpc) is 2.38. The molecule has 3 heteroatoms. The van der Waals surface area contributed by atoms with Crippen LogP contribution in [0.25, 0.3) is 0 Å². The van der Waals surface area contributed by atoms with Crippen molar-refractivity contribution in [2.75, 3.05) is 0 Å². The Morgan fingerprint density at radius 2 is 2.00 bits per heavy atom.